The van der Waals surface area contributed by atoms with E-state index in [4.69, 9.17) is 47.4 Å². The SMILES string of the molecule is CCCCCCCCO[C@H]([C@@H](OCCCCCCCC)[C@H](CO[C@@H]1OC(CO)[C@@H](O)[C@H](O)C1O)O[C@@H]1OC(CO)[C@@H](O)[C@H](O)C1O)[C@H](CO[C@@H]1OC(CO)[C@@H](O)[C@H](O)C1O)O[C@@H]1OC(CO)[C@@H](O)[C@H](O)C1O. The van der Waals surface area contributed by atoms with Gasteiger partial charge in [-0.15, -0.1) is 0 Å². The van der Waals surface area contributed by atoms with Crippen LogP contribution in [-0.4, -0.2) is 282 Å². The molecule has 24 atom stereocenters. The predicted molar refractivity (Wildman–Crippen MR) is 243 cm³/mol. The van der Waals surface area contributed by atoms with Gasteiger partial charge in [0.1, 0.15) is 122 Å². The molecule has 8 unspecified atom stereocenters. The van der Waals surface area contributed by atoms with E-state index in [0.29, 0.717) is 25.7 Å². The van der Waals surface area contributed by atoms with E-state index in [9.17, 15) is 81.7 Å². The van der Waals surface area contributed by atoms with Crippen molar-refractivity contribution >= 4 is 0 Å². The highest BCUT2D eigenvalue weighted by molar-refractivity contribution is 4.96. The summed E-state index contributed by atoms with van der Waals surface area (Å²) >= 11 is 0. The Balaban J connectivity index is 1.87. The minimum atomic E-state index is -2.02. The summed E-state index contributed by atoms with van der Waals surface area (Å²) in [5.74, 6) is 0. The molecular formula is C46H86O26. The van der Waals surface area contributed by atoms with Crippen molar-refractivity contribution in [2.24, 2.45) is 0 Å². The fourth-order valence-electron chi connectivity index (χ4n) is 8.95. The van der Waals surface area contributed by atoms with E-state index in [1.807, 2.05) is 0 Å². The van der Waals surface area contributed by atoms with Crippen molar-refractivity contribution in [2.75, 3.05) is 52.9 Å². The average molecular weight is 1060 g/mol. The van der Waals surface area contributed by atoms with Gasteiger partial charge in [0.15, 0.2) is 25.2 Å². The third-order valence-electron chi connectivity index (χ3n) is 13.5. The van der Waals surface area contributed by atoms with Gasteiger partial charge in [-0.05, 0) is 12.8 Å². The second-order valence-electron chi connectivity index (χ2n) is 19.0. The topological polar surface area (TPSA) is 416 Å². The molecule has 0 aromatic carbocycles. The summed E-state index contributed by atoms with van der Waals surface area (Å²) in [5, 5.41) is 170. The number of unbranched alkanes of at least 4 members (excludes halogenated alkanes) is 10. The largest absolute Gasteiger partial charge is 0.394 e. The van der Waals surface area contributed by atoms with Gasteiger partial charge in [-0.1, -0.05) is 78.1 Å². The van der Waals surface area contributed by atoms with Crippen molar-refractivity contribution in [3.8, 4) is 0 Å². The van der Waals surface area contributed by atoms with E-state index in [0.717, 1.165) is 51.4 Å². The Kier molecular flexibility index (Phi) is 28.8. The molecule has 0 saturated carbocycles. The van der Waals surface area contributed by atoms with Crippen LogP contribution in [0, 0.1) is 0 Å². The zero-order valence-corrected chi connectivity index (χ0v) is 41.2. The molecular weight excluding hydrogens is 968 g/mol. The molecule has 4 aliphatic heterocycles. The number of ether oxygens (including phenoxy) is 10. The van der Waals surface area contributed by atoms with Crippen LogP contribution in [0.1, 0.15) is 90.9 Å². The van der Waals surface area contributed by atoms with Crippen molar-refractivity contribution in [1.82, 2.24) is 0 Å². The monoisotopic (exact) mass is 1050 g/mol. The van der Waals surface area contributed by atoms with Crippen LogP contribution >= 0.6 is 0 Å². The average Bonchev–Trinajstić information content (AvgIpc) is 3.38. The quantitative estimate of drug-likeness (QED) is 0.0273. The minimum Gasteiger partial charge on any atom is -0.394 e. The zero-order chi connectivity index (χ0) is 53.1. The summed E-state index contributed by atoms with van der Waals surface area (Å²) in [4.78, 5) is 0. The Labute approximate surface area is 419 Å². The number of hydrogen-bond acceptors (Lipinski definition) is 26. The van der Waals surface area contributed by atoms with Crippen LogP contribution in [0.25, 0.3) is 0 Å². The van der Waals surface area contributed by atoms with Gasteiger partial charge in [-0.2, -0.15) is 0 Å². The summed E-state index contributed by atoms with van der Waals surface area (Å²) in [6, 6.07) is 0. The van der Waals surface area contributed by atoms with Crippen LogP contribution in [0.4, 0.5) is 0 Å². The zero-order valence-electron chi connectivity index (χ0n) is 41.2. The minimum absolute atomic E-state index is 0.0669. The third kappa shape index (κ3) is 17.5. The van der Waals surface area contributed by atoms with Gasteiger partial charge in [-0.3, -0.25) is 0 Å². The number of aliphatic hydroxyl groups is 16. The number of aliphatic hydroxyl groups excluding tert-OH is 16. The van der Waals surface area contributed by atoms with Crippen LogP contribution in [0.3, 0.4) is 0 Å². The molecule has 72 heavy (non-hydrogen) atoms. The van der Waals surface area contributed by atoms with Gasteiger partial charge in [0.2, 0.25) is 0 Å². The highest BCUT2D eigenvalue weighted by Gasteiger charge is 2.52. The fourth-order valence-corrected chi connectivity index (χ4v) is 8.95. The molecule has 26 nitrogen and oxygen atoms in total. The lowest BCUT2D eigenvalue weighted by molar-refractivity contribution is -0.351. The van der Waals surface area contributed by atoms with Gasteiger partial charge < -0.3 is 129 Å². The van der Waals surface area contributed by atoms with Crippen LogP contribution in [-0.2, 0) is 47.4 Å². The van der Waals surface area contributed by atoms with Crippen LogP contribution in [0.5, 0.6) is 0 Å². The van der Waals surface area contributed by atoms with Gasteiger partial charge in [0, 0.05) is 13.2 Å². The molecule has 4 heterocycles. The lowest BCUT2D eigenvalue weighted by Gasteiger charge is -2.46. The van der Waals surface area contributed by atoms with E-state index in [2.05, 4.69) is 13.8 Å². The van der Waals surface area contributed by atoms with Crippen molar-refractivity contribution in [3.63, 3.8) is 0 Å². The van der Waals surface area contributed by atoms with E-state index >= 15 is 0 Å². The Morgan fingerprint density at radius 1 is 0.333 bits per heavy atom. The molecule has 0 spiro atoms. The first kappa shape index (κ1) is 63.5. The molecule has 0 radical (unpaired) electrons. The molecule has 0 amide bonds. The second-order valence-corrected chi connectivity index (χ2v) is 19.0. The molecule has 0 bridgehead atoms. The maximum atomic E-state index is 11.3. The van der Waals surface area contributed by atoms with Gasteiger partial charge >= 0.3 is 0 Å². The standard InChI is InChI=1S/C46H86O26/c1-3-5-7-9-11-13-15-63-41(27(71-45-39(61)35(57)31(53)25(19-49)69-45)21-65-43-37(59)33(55)29(51)23(17-47)67-43)42(64-16-14-12-10-8-6-4-2)28(72-46-40(62)36(58)32(54)26(20-50)70-46)22-66-44-38(60)34(56)30(52)24(18-48)68-44/h23-62H,3-22H2,1-2H3/t23?,24?,25?,26?,27-,28-,29+,30+,31+,32+,33-,34-,35-,36-,37?,38?,39?,40?,41-,42-,43+,44+,45-,46-/m0/s1. The number of hydrogen-bond donors (Lipinski definition) is 16. The van der Waals surface area contributed by atoms with E-state index < -0.39 is 187 Å². The van der Waals surface area contributed by atoms with Crippen LogP contribution in [0.2, 0.25) is 0 Å². The molecule has 0 aromatic rings. The van der Waals surface area contributed by atoms with Gasteiger partial charge in [0.25, 0.3) is 0 Å². The molecule has 426 valence electrons. The molecule has 4 rings (SSSR count). The Bertz CT molecular complexity index is 1320. The summed E-state index contributed by atoms with van der Waals surface area (Å²) in [7, 11) is 0. The van der Waals surface area contributed by atoms with Crippen molar-refractivity contribution in [1.29, 1.82) is 0 Å². The summed E-state index contributed by atoms with van der Waals surface area (Å²) < 4.78 is 60.8. The van der Waals surface area contributed by atoms with E-state index in [1.54, 1.807) is 0 Å². The van der Waals surface area contributed by atoms with Crippen molar-refractivity contribution in [2.45, 2.75) is 238 Å². The first-order valence-corrected chi connectivity index (χ1v) is 25.5. The highest BCUT2D eigenvalue weighted by atomic mass is 16.8. The summed E-state index contributed by atoms with van der Waals surface area (Å²) in [6.45, 7) is -0.933. The maximum Gasteiger partial charge on any atom is 0.187 e. The second kappa shape index (κ2) is 32.6. The lowest BCUT2D eigenvalue weighted by atomic mass is 9.97. The van der Waals surface area contributed by atoms with Crippen molar-refractivity contribution in [3.05, 3.63) is 0 Å². The van der Waals surface area contributed by atoms with Crippen LogP contribution in [0.15, 0.2) is 0 Å². The molecule has 0 aromatic heterocycles. The van der Waals surface area contributed by atoms with Gasteiger partial charge in [0.05, 0.1) is 39.6 Å². The third-order valence-corrected chi connectivity index (χ3v) is 13.5. The molecule has 4 fully saturated rings. The lowest BCUT2D eigenvalue weighted by Crippen LogP contribution is -2.63. The highest BCUT2D eigenvalue weighted by Crippen LogP contribution is 2.32. The molecule has 16 N–H and O–H groups in total. The van der Waals surface area contributed by atoms with E-state index in [1.165, 1.54) is 0 Å². The predicted octanol–water partition coefficient (Wildman–Crippen LogP) is -5.52. The number of rotatable bonds is 33. The van der Waals surface area contributed by atoms with Crippen molar-refractivity contribution < 1.29 is 129 Å². The van der Waals surface area contributed by atoms with Crippen LogP contribution < -0.4 is 0 Å². The fraction of sp³-hybridized carbons (Fsp3) is 1.00. The molecule has 4 saturated heterocycles. The van der Waals surface area contributed by atoms with Gasteiger partial charge in [-0.25, -0.2) is 0 Å². The van der Waals surface area contributed by atoms with E-state index in [-0.39, 0.29) is 13.2 Å². The summed E-state index contributed by atoms with van der Waals surface area (Å²) in [5.41, 5.74) is 0. The first-order valence-electron chi connectivity index (χ1n) is 25.5. The maximum absolute atomic E-state index is 11.3. The Morgan fingerprint density at radius 3 is 0.889 bits per heavy atom. The molecule has 0 aliphatic carbocycles. The normalized spacial score (nSPS) is 39.4. The Morgan fingerprint density at radius 2 is 0.597 bits per heavy atom. The summed E-state index contributed by atoms with van der Waals surface area (Å²) in [6.07, 6.45) is -33.0. The Hall–Kier alpha value is -1.04. The smallest absolute Gasteiger partial charge is 0.187 e. The molecule has 4 aliphatic rings. The first-order chi connectivity index (χ1) is 34.5. The molecule has 26 heteroatoms.